The van der Waals surface area contributed by atoms with Crippen LogP contribution in [0.5, 0.6) is 0 Å². The lowest BCUT2D eigenvalue weighted by molar-refractivity contribution is -0.127. The largest absolute Gasteiger partial charge is 0.368 e. The Labute approximate surface area is 93.0 Å². The highest BCUT2D eigenvalue weighted by Crippen LogP contribution is 2.61. The average molecular weight is 212 g/mol. The van der Waals surface area contributed by atoms with Crippen molar-refractivity contribution in [3.05, 3.63) is 0 Å². The summed E-state index contributed by atoms with van der Waals surface area (Å²) >= 11 is 0. The van der Waals surface area contributed by atoms with Crippen LogP contribution in [-0.4, -0.2) is 18.0 Å². The molecule has 1 N–H and O–H groups in total. The van der Waals surface area contributed by atoms with Crippen LogP contribution in [0.1, 0.15) is 46.5 Å². The van der Waals surface area contributed by atoms with Gasteiger partial charge in [0.25, 0.3) is 0 Å². The normalized spacial score (nSPS) is 39.6. The zero-order chi connectivity index (χ0) is 11.1. The molecule has 0 radical (unpaired) electrons. The van der Waals surface area contributed by atoms with E-state index in [1.807, 2.05) is 0 Å². The standard InChI is InChI=1S/C13H24O2/c1-9(14)15-7-6-10-4-5-11-8-12(10)13(11,2)3/h9-12,14H,4-8H2,1-3H3. The summed E-state index contributed by atoms with van der Waals surface area (Å²) in [6, 6.07) is 0. The Hall–Kier alpha value is -0.0800. The Morgan fingerprint density at radius 3 is 2.67 bits per heavy atom. The van der Waals surface area contributed by atoms with Crippen molar-refractivity contribution in [3.63, 3.8) is 0 Å². The molecule has 0 aromatic heterocycles. The maximum Gasteiger partial charge on any atom is 0.151 e. The van der Waals surface area contributed by atoms with Gasteiger partial charge in [0.05, 0.1) is 0 Å². The van der Waals surface area contributed by atoms with Crippen LogP contribution in [0.3, 0.4) is 0 Å². The number of ether oxygens (including phenoxy) is 1. The molecule has 88 valence electrons. The lowest BCUT2D eigenvalue weighted by atomic mass is 9.45. The zero-order valence-electron chi connectivity index (χ0n) is 10.2. The van der Waals surface area contributed by atoms with Gasteiger partial charge in [0.15, 0.2) is 6.29 Å². The monoisotopic (exact) mass is 212 g/mol. The smallest absolute Gasteiger partial charge is 0.151 e. The van der Waals surface area contributed by atoms with Crippen LogP contribution >= 0.6 is 0 Å². The van der Waals surface area contributed by atoms with E-state index in [-0.39, 0.29) is 0 Å². The highest BCUT2D eigenvalue weighted by Gasteiger charge is 2.53. The molecule has 0 saturated heterocycles. The van der Waals surface area contributed by atoms with E-state index in [1.165, 1.54) is 19.3 Å². The van der Waals surface area contributed by atoms with E-state index in [0.29, 0.717) is 5.41 Å². The van der Waals surface area contributed by atoms with Gasteiger partial charge in [0.2, 0.25) is 0 Å². The molecule has 4 unspecified atom stereocenters. The van der Waals surface area contributed by atoms with Gasteiger partial charge in [-0.05, 0) is 55.8 Å². The van der Waals surface area contributed by atoms with Crippen molar-refractivity contribution in [1.82, 2.24) is 0 Å². The minimum absolute atomic E-state index is 0.577. The molecule has 3 fully saturated rings. The summed E-state index contributed by atoms with van der Waals surface area (Å²) in [5.74, 6) is 2.73. The summed E-state index contributed by atoms with van der Waals surface area (Å²) in [5.41, 5.74) is 0.577. The predicted octanol–water partition coefficient (Wildman–Crippen LogP) is 2.80. The van der Waals surface area contributed by atoms with Crippen LogP contribution in [0.25, 0.3) is 0 Å². The molecule has 0 amide bonds. The lowest BCUT2D eigenvalue weighted by Crippen LogP contribution is -2.52. The van der Waals surface area contributed by atoms with Gasteiger partial charge in [0.1, 0.15) is 0 Å². The third-order valence-electron chi connectivity index (χ3n) is 4.85. The Bertz CT molecular complexity index is 221. The van der Waals surface area contributed by atoms with Crippen molar-refractivity contribution in [2.45, 2.75) is 52.7 Å². The second kappa shape index (κ2) is 4.06. The van der Waals surface area contributed by atoms with E-state index >= 15 is 0 Å². The van der Waals surface area contributed by atoms with Crippen LogP contribution in [-0.2, 0) is 4.74 Å². The van der Waals surface area contributed by atoms with Gasteiger partial charge in [-0.1, -0.05) is 13.8 Å². The number of hydrogen-bond donors (Lipinski definition) is 1. The van der Waals surface area contributed by atoms with Crippen molar-refractivity contribution in [3.8, 4) is 0 Å². The Balaban J connectivity index is 1.78. The number of aliphatic hydroxyl groups excluding tert-OH is 1. The van der Waals surface area contributed by atoms with Gasteiger partial charge in [-0.25, -0.2) is 0 Å². The molecule has 2 nitrogen and oxygen atoms in total. The fourth-order valence-electron chi connectivity index (χ4n) is 3.70. The molecule has 2 heteroatoms. The first-order valence-corrected chi connectivity index (χ1v) is 6.31. The first-order valence-electron chi connectivity index (χ1n) is 6.31. The topological polar surface area (TPSA) is 29.5 Å². The van der Waals surface area contributed by atoms with Gasteiger partial charge < -0.3 is 9.84 Å². The van der Waals surface area contributed by atoms with E-state index in [1.54, 1.807) is 6.92 Å². The van der Waals surface area contributed by atoms with E-state index in [0.717, 1.165) is 30.8 Å². The highest BCUT2D eigenvalue weighted by molar-refractivity contribution is 5.02. The van der Waals surface area contributed by atoms with Crippen molar-refractivity contribution in [1.29, 1.82) is 0 Å². The molecule has 0 heterocycles. The zero-order valence-corrected chi connectivity index (χ0v) is 10.2. The lowest BCUT2D eigenvalue weighted by Gasteiger charge is -2.60. The Morgan fingerprint density at radius 2 is 2.13 bits per heavy atom. The molecule has 3 aliphatic carbocycles. The molecule has 0 aromatic carbocycles. The highest BCUT2D eigenvalue weighted by atomic mass is 16.6. The second-order valence-electron chi connectivity index (χ2n) is 5.96. The maximum atomic E-state index is 9.04. The fraction of sp³-hybridized carbons (Fsp3) is 1.00. The molecule has 0 aliphatic heterocycles. The SMILES string of the molecule is CC(O)OCCC1CCC2CC1C2(C)C. The van der Waals surface area contributed by atoms with Crippen LogP contribution in [0.15, 0.2) is 0 Å². The summed E-state index contributed by atoms with van der Waals surface area (Å²) in [7, 11) is 0. The molecule has 3 saturated carbocycles. The van der Waals surface area contributed by atoms with E-state index in [4.69, 9.17) is 9.84 Å². The first kappa shape index (κ1) is 11.4. The quantitative estimate of drug-likeness (QED) is 0.726. The molecule has 15 heavy (non-hydrogen) atoms. The molecule has 3 rings (SSSR count). The molecule has 0 spiro atoms. The summed E-state index contributed by atoms with van der Waals surface area (Å²) in [5, 5.41) is 9.04. The van der Waals surface area contributed by atoms with Crippen LogP contribution < -0.4 is 0 Å². The third kappa shape index (κ3) is 2.07. The number of rotatable bonds is 4. The summed E-state index contributed by atoms with van der Waals surface area (Å²) < 4.78 is 5.23. The number of aliphatic hydroxyl groups is 1. The van der Waals surface area contributed by atoms with Crippen molar-refractivity contribution in [2.75, 3.05) is 6.61 Å². The predicted molar refractivity (Wildman–Crippen MR) is 60.4 cm³/mol. The van der Waals surface area contributed by atoms with Crippen LogP contribution in [0.2, 0.25) is 0 Å². The van der Waals surface area contributed by atoms with E-state index in [2.05, 4.69) is 13.8 Å². The van der Waals surface area contributed by atoms with Crippen molar-refractivity contribution < 1.29 is 9.84 Å². The minimum Gasteiger partial charge on any atom is -0.368 e. The first-order chi connectivity index (χ1) is 7.01. The second-order valence-corrected chi connectivity index (χ2v) is 5.96. The summed E-state index contributed by atoms with van der Waals surface area (Å²) in [6.45, 7) is 7.25. The molecule has 4 atom stereocenters. The third-order valence-corrected chi connectivity index (χ3v) is 4.85. The van der Waals surface area contributed by atoms with Crippen LogP contribution in [0.4, 0.5) is 0 Å². The number of fused-ring (bicyclic) bond motifs is 2. The van der Waals surface area contributed by atoms with E-state index < -0.39 is 6.29 Å². The molecule has 0 aromatic rings. The molecule has 2 bridgehead atoms. The van der Waals surface area contributed by atoms with Crippen molar-refractivity contribution in [2.24, 2.45) is 23.2 Å². The maximum absolute atomic E-state index is 9.04. The van der Waals surface area contributed by atoms with E-state index in [9.17, 15) is 0 Å². The van der Waals surface area contributed by atoms with Gasteiger partial charge in [-0.3, -0.25) is 0 Å². The number of hydrogen-bond acceptors (Lipinski definition) is 2. The minimum atomic E-state index is -0.601. The van der Waals surface area contributed by atoms with Crippen molar-refractivity contribution >= 4 is 0 Å². The fourth-order valence-corrected chi connectivity index (χ4v) is 3.70. The Kier molecular flexibility index (Phi) is 3.09. The van der Waals surface area contributed by atoms with Gasteiger partial charge in [0, 0.05) is 6.61 Å². The van der Waals surface area contributed by atoms with Gasteiger partial charge in [-0.15, -0.1) is 0 Å². The molecular formula is C13H24O2. The summed E-state index contributed by atoms with van der Waals surface area (Å²) in [4.78, 5) is 0. The molecule has 3 aliphatic rings. The van der Waals surface area contributed by atoms with Crippen LogP contribution in [0, 0.1) is 23.2 Å². The average Bonchev–Trinajstić information content (AvgIpc) is 2.17. The Morgan fingerprint density at radius 1 is 1.40 bits per heavy atom. The molecular weight excluding hydrogens is 188 g/mol. The summed E-state index contributed by atoms with van der Waals surface area (Å²) in [6.07, 6.45) is 4.75. The van der Waals surface area contributed by atoms with Gasteiger partial charge >= 0.3 is 0 Å². The van der Waals surface area contributed by atoms with Gasteiger partial charge in [-0.2, -0.15) is 0 Å².